The molecule has 1 amide bonds. The van der Waals surface area contributed by atoms with Gasteiger partial charge >= 0.3 is 0 Å². The second kappa shape index (κ2) is 9.02. The van der Waals surface area contributed by atoms with Crippen LogP contribution in [0.1, 0.15) is 31.7 Å². The molecule has 0 saturated carbocycles. The summed E-state index contributed by atoms with van der Waals surface area (Å²) >= 11 is 1.39. The van der Waals surface area contributed by atoms with E-state index in [0.717, 1.165) is 50.0 Å². The van der Waals surface area contributed by atoms with Crippen molar-refractivity contribution < 1.29 is 13.2 Å². The number of hydrogen-bond acceptors (Lipinski definition) is 5. The fourth-order valence-corrected chi connectivity index (χ4v) is 5.35. The predicted octanol–water partition coefficient (Wildman–Crippen LogP) is 3.56. The van der Waals surface area contributed by atoms with Crippen LogP contribution in [0.5, 0.6) is 0 Å². The monoisotopic (exact) mass is 458 g/mol. The summed E-state index contributed by atoms with van der Waals surface area (Å²) in [5, 5.41) is 5.99. The van der Waals surface area contributed by atoms with Crippen LogP contribution in [0.3, 0.4) is 0 Å². The van der Waals surface area contributed by atoms with Gasteiger partial charge in [0.25, 0.3) is 0 Å². The van der Waals surface area contributed by atoms with Crippen molar-refractivity contribution in [1.29, 1.82) is 0 Å². The predicted molar refractivity (Wildman–Crippen MR) is 124 cm³/mol. The molecule has 0 radical (unpaired) electrons. The third-order valence-corrected chi connectivity index (χ3v) is 7.36. The van der Waals surface area contributed by atoms with Crippen LogP contribution in [-0.4, -0.2) is 36.2 Å². The highest BCUT2D eigenvalue weighted by Crippen LogP contribution is 2.30. The molecule has 0 atom stereocenters. The Morgan fingerprint density at radius 2 is 2.03 bits per heavy atom. The average molecular weight is 459 g/mol. The zero-order chi connectivity index (χ0) is 22.0. The summed E-state index contributed by atoms with van der Waals surface area (Å²) in [6.45, 7) is 3.59. The maximum Gasteiger partial charge on any atom is 0.238 e. The van der Waals surface area contributed by atoms with Crippen LogP contribution in [0.4, 0.5) is 5.69 Å². The number of unbranched alkanes of at least 4 members (excludes halogenated alkanes) is 1. The second-order valence-corrected chi connectivity index (χ2v) is 10.2. The molecular formula is C22H26N4O3S2. The molecule has 0 unspecified atom stereocenters. The Labute approximate surface area is 186 Å². The first-order valence-corrected chi connectivity index (χ1v) is 13.0. The van der Waals surface area contributed by atoms with Crippen LogP contribution in [-0.2, 0) is 27.8 Å². The molecule has 2 aromatic carbocycles. The van der Waals surface area contributed by atoms with Gasteiger partial charge in [0.15, 0.2) is 5.16 Å². The average Bonchev–Trinajstić information content (AvgIpc) is 3.11. The van der Waals surface area contributed by atoms with Crippen molar-refractivity contribution in [2.75, 3.05) is 17.2 Å². The largest absolute Gasteiger partial charge is 0.319 e. The molecule has 0 aliphatic carbocycles. The number of carbonyl (C=O) groups is 1. The molecular weight excluding hydrogens is 432 g/mol. The third-order valence-electron chi connectivity index (χ3n) is 5.48. The van der Waals surface area contributed by atoms with Gasteiger partial charge in [0.1, 0.15) is 0 Å². The van der Waals surface area contributed by atoms with Crippen LogP contribution in [0.25, 0.3) is 11.0 Å². The smallest absolute Gasteiger partial charge is 0.238 e. The fourth-order valence-electron chi connectivity index (χ4n) is 3.90. The van der Waals surface area contributed by atoms with Crippen molar-refractivity contribution in [2.24, 2.45) is 5.14 Å². The summed E-state index contributed by atoms with van der Waals surface area (Å²) in [5.74, 6) is 0.322. The molecule has 0 saturated heterocycles. The number of sulfonamides is 1. The maximum absolute atomic E-state index is 13.0. The van der Waals surface area contributed by atoms with E-state index >= 15 is 0 Å². The van der Waals surface area contributed by atoms with E-state index in [1.54, 1.807) is 6.07 Å². The number of rotatable bonds is 7. The first kappa shape index (κ1) is 21.9. The number of fused-ring (bicyclic) bond motifs is 2. The van der Waals surface area contributed by atoms with Gasteiger partial charge in [-0.2, -0.15) is 0 Å². The Kier molecular flexibility index (Phi) is 6.36. The molecule has 31 heavy (non-hydrogen) atoms. The Balaban J connectivity index is 1.59. The van der Waals surface area contributed by atoms with Crippen molar-refractivity contribution in [1.82, 2.24) is 9.55 Å². The van der Waals surface area contributed by atoms with Gasteiger partial charge < -0.3 is 9.47 Å². The molecule has 2 N–H and O–H groups in total. The lowest BCUT2D eigenvalue weighted by Crippen LogP contribution is -2.36. The molecule has 4 rings (SSSR count). The summed E-state index contributed by atoms with van der Waals surface area (Å²) in [7, 11) is -3.80. The van der Waals surface area contributed by atoms with E-state index in [-0.39, 0.29) is 16.6 Å². The summed E-state index contributed by atoms with van der Waals surface area (Å²) < 4.78 is 25.5. The summed E-state index contributed by atoms with van der Waals surface area (Å²) in [5.41, 5.74) is 3.62. The lowest BCUT2D eigenvalue weighted by Gasteiger charge is -2.29. The van der Waals surface area contributed by atoms with Crippen molar-refractivity contribution in [2.45, 2.75) is 49.2 Å². The van der Waals surface area contributed by atoms with Gasteiger partial charge in [0.05, 0.1) is 21.7 Å². The number of nitrogens with two attached hydrogens (primary N) is 1. The molecule has 0 spiro atoms. The van der Waals surface area contributed by atoms with Crippen LogP contribution in [0, 0.1) is 0 Å². The molecule has 0 bridgehead atoms. The van der Waals surface area contributed by atoms with Crippen molar-refractivity contribution >= 4 is 44.4 Å². The van der Waals surface area contributed by atoms with Gasteiger partial charge in [-0.1, -0.05) is 43.3 Å². The van der Waals surface area contributed by atoms with E-state index in [4.69, 9.17) is 5.14 Å². The zero-order valence-electron chi connectivity index (χ0n) is 17.5. The topological polar surface area (TPSA) is 98.3 Å². The highest BCUT2D eigenvalue weighted by atomic mass is 32.2. The normalized spacial score (nSPS) is 14.1. The number of hydrogen-bond donors (Lipinski definition) is 1. The molecule has 1 aromatic heterocycles. The summed E-state index contributed by atoms with van der Waals surface area (Å²) in [6, 6.07) is 12.8. The van der Waals surface area contributed by atoms with Gasteiger partial charge in [-0.3, -0.25) is 4.79 Å². The van der Waals surface area contributed by atoms with E-state index in [2.05, 4.69) is 22.5 Å². The lowest BCUT2D eigenvalue weighted by molar-refractivity contribution is -0.116. The Morgan fingerprint density at radius 3 is 2.81 bits per heavy atom. The second-order valence-electron chi connectivity index (χ2n) is 7.66. The van der Waals surface area contributed by atoms with E-state index in [0.29, 0.717) is 10.7 Å². The molecule has 2 heterocycles. The number of benzene rings is 2. The lowest BCUT2D eigenvalue weighted by atomic mass is 10.0. The van der Waals surface area contributed by atoms with Crippen LogP contribution in [0.2, 0.25) is 0 Å². The Bertz CT molecular complexity index is 1220. The SMILES string of the molecule is CCCCn1c(SCC(=O)N2CCCc3ccccc32)nc2cc(S(N)(=O)=O)ccc21. The number of para-hydroxylation sites is 1. The number of amides is 1. The third kappa shape index (κ3) is 4.63. The Hall–Kier alpha value is -2.36. The van der Waals surface area contributed by atoms with E-state index < -0.39 is 10.0 Å². The van der Waals surface area contributed by atoms with Gasteiger partial charge in [-0.05, 0) is 49.1 Å². The Morgan fingerprint density at radius 1 is 1.23 bits per heavy atom. The number of carbonyl (C=O) groups excluding carboxylic acids is 1. The molecule has 164 valence electrons. The number of nitrogens with zero attached hydrogens (tertiary/aromatic N) is 3. The molecule has 0 fully saturated rings. The first-order valence-electron chi connectivity index (χ1n) is 10.4. The summed E-state index contributed by atoms with van der Waals surface area (Å²) in [4.78, 5) is 19.6. The number of aromatic nitrogens is 2. The minimum Gasteiger partial charge on any atom is -0.319 e. The zero-order valence-corrected chi connectivity index (χ0v) is 19.1. The van der Waals surface area contributed by atoms with Gasteiger partial charge in [0, 0.05) is 18.8 Å². The number of aryl methyl sites for hydroxylation is 2. The van der Waals surface area contributed by atoms with Crippen LogP contribution < -0.4 is 10.0 Å². The van der Waals surface area contributed by atoms with Gasteiger partial charge in [0.2, 0.25) is 15.9 Å². The maximum atomic E-state index is 13.0. The summed E-state index contributed by atoms with van der Waals surface area (Å²) in [6.07, 6.45) is 3.93. The quantitative estimate of drug-likeness (QED) is 0.546. The van der Waals surface area contributed by atoms with E-state index in [1.165, 1.54) is 29.5 Å². The molecule has 3 aromatic rings. The minimum absolute atomic E-state index is 0.0395. The molecule has 7 nitrogen and oxygen atoms in total. The van der Waals surface area contributed by atoms with Gasteiger partial charge in [-0.25, -0.2) is 18.5 Å². The van der Waals surface area contributed by atoms with Crippen LogP contribution >= 0.6 is 11.8 Å². The number of thioether (sulfide) groups is 1. The minimum atomic E-state index is -3.80. The number of imidazole rings is 1. The number of primary sulfonamides is 1. The highest BCUT2D eigenvalue weighted by Gasteiger charge is 2.23. The highest BCUT2D eigenvalue weighted by molar-refractivity contribution is 7.99. The van der Waals surface area contributed by atoms with Crippen molar-refractivity contribution in [3.63, 3.8) is 0 Å². The van der Waals surface area contributed by atoms with Crippen molar-refractivity contribution in [3.8, 4) is 0 Å². The fraction of sp³-hybridized carbons (Fsp3) is 0.364. The standard InChI is InChI=1S/C22H26N4O3S2/c1-2-3-12-26-20-11-10-17(31(23,28)29)14-18(20)24-22(26)30-15-21(27)25-13-6-8-16-7-4-5-9-19(16)25/h4-5,7,9-11,14H,2-3,6,8,12-13,15H2,1H3,(H2,23,28,29). The van der Waals surface area contributed by atoms with E-state index in [9.17, 15) is 13.2 Å². The number of anilines is 1. The van der Waals surface area contributed by atoms with E-state index in [1.807, 2.05) is 23.1 Å². The van der Waals surface area contributed by atoms with Crippen molar-refractivity contribution in [3.05, 3.63) is 48.0 Å². The first-order chi connectivity index (χ1) is 14.9. The molecule has 1 aliphatic rings. The molecule has 9 heteroatoms. The van der Waals surface area contributed by atoms with Crippen LogP contribution in [0.15, 0.2) is 52.5 Å². The molecule has 1 aliphatic heterocycles. The van der Waals surface area contributed by atoms with Gasteiger partial charge in [-0.15, -0.1) is 0 Å².